The van der Waals surface area contributed by atoms with Crippen LogP contribution in [0.1, 0.15) is 345 Å². The summed E-state index contributed by atoms with van der Waals surface area (Å²) in [6.07, 6.45) is 60.6. The molecule has 0 aromatic heterocycles. The van der Waals surface area contributed by atoms with Gasteiger partial charge < -0.3 is 28.4 Å². The van der Waals surface area contributed by atoms with E-state index in [9.17, 15) is 28.4 Å². The van der Waals surface area contributed by atoms with Crippen molar-refractivity contribution in [1.29, 1.82) is 0 Å². The Labute approximate surface area is 623 Å². The van der Waals surface area contributed by atoms with Crippen molar-refractivity contribution in [3.05, 3.63) is 179 Å². The van der Waals surface area contributed by atoms with Gasteiger partial charge in [-0.1, -0.05) is 418 Å². The molecule has 0 spiro atoms. The maximum absolute atomic E-state index is 13.1. The molecule has 0 saturated heterocycles. The van der Waals surface area contributed by atoms with E-state index in [0.29, 0.717) is 31.8 Å². The summed E-state index contributed by atoms with van der Waals surface area (Å²) in [5.41, 5.74) is 7.40. The van der Waals surface area contributed by atoms with Crippen molar-refractivity contribution in [2.45, 2.75) is 350 Å². The Morgan fingerprint density at radius 1 is 0.180 bits per heavy atom. The van der Waals surface area contributed by atoms with Crippen LogP contribution in [0.25, 0.3) is 0 Å². The first-order chi connectivity index (χ1) is 48.2. The summed E-state index contributed by atoms with van der Waals surface area (Å²) in [4.78, 5) is 39.2. The molecule has 558 valence electrons. The molecule has 0 heterocycles. The molecule has 6 nitrogen and oxygen atoms in total. The van der Waals surface area contributed by atoms with Gasteiger partial charge in [-0.05, 0) is 110 Å². The molecule has 6 aromatic carbocycles. The molecule has 0 amide bonds. The van der Waals surface area contributed by atoms with Gasteiger partial charge in [-0.15, -0.1) is 0 Å². The first-order valence-corrected chi connectivity index (χ1v) is 45.6. The Hall–Kier alpha value is -3.60. The van der Waals surface area contributed by atoms with Crippen LogP contribution in [-0.4, -0.2) is 0 Å². The van der Waals surface area contributed by atoms with E-state index in [1.807, 2.05) is 72.8 Å². The molecular weight excluding hydrogens is 1330 g/mol. The van der Waals surface area contributed by atoms with Crippen LogP contribution in [0.15, 0.2) is 146 Å². The molecule has 10 heteroatoms. The minimum absolute atomic E-state index is 0. The van der Waals surface area contributed by atoms with E-state index in [1.165, 1.54) is 303 Å². The van der Waals surface area contributed by atoms with Crippen molar-refractivity contribution in [3.8, 4) is 0 Å². The Morgan fingerprint density at radius 3 is 0.390 bits per heavy atom. The first-order valence-electron chi connectivity index (χ1n) is 40.7. The zero-order chi connectivity index (χ0) is 71.3. The summed E-state index contributed by atoms with van der Waals surface area (Å²) >= 11 is 0. The second-order valence-corrected chi connectivity index (χ2v) is 35.3. The molecule has 0 aliphatic carbocycles. The van der Waals surface area contributed by atoms with Crippen LogP contribution in [0, 0.1) is 0 Å². The Morgan fingerprint density at radius 2 is 0.280 bits per heavy atom. The molecule has 0 N–H and O–H groups in total. The van der Waals surface area contributed by atoms with Gasteiger partial charge in [0.05, 0.1) is 22.1 Å². The Kier molecular flexibility index (Phi) is 51.4. The fraction of sp³-hybridized carbons (Fsp3) is 0.600. The number of unbranched alkanes of at least 4 members (excludes halogenated alkanes) is 36. The summed E-state index contributed by atoms with van der Waals surface area (Å²) in [7, 11) is -11.3. The fourth-order valence-electron chi connectivity index (χ4n) is 13.3. The molecule has 100 heavy (non-hydrogen) atoms. The van der Waals surface area contributed by atoms with Crippen LogP contribution in [-0.2, 0) is 69.0 Å². The van der Waals surface area contributed by atoms with Gasteiger partial charge in [0.1, 0.15) is 0 Å². The number of benzene rings is 6. The molecule has 0 aliphatic rings. The molecule has 6 aromatic rings. The molecule has 0 bridgehead atoms. The molecule has 0 aliphatic heterocycles. The van der Waals surface area contributed by atoms with Crippen molar-refractivity contribution in [2.24, 2.45) is 0 Å². The van der Waals surface area contributed by atoms with E-state index in [2.05, 4.69) is 41.5 Å². The van der Waals surface area contributed by atoms with Crippen LogP contribution in [0.4, 0.5) is 0 Å². The van der Waals surface area contributed by atoms with Gasteiger partial charge in [-0.25, -0.2) is 0 Å². The third kappa shape index (κ3) is 38.4. The second-order valence-electron chi connectivity index (χ2n) is 28.9. The summed E-state index contributed by atoms with van der Waals surface area (Å²) in [6, 6.07) is 45.4. The zero-order valence-electron chi connectivity index (χ0n) is 63.9. The molecule has 0 radical (unpaired) electrons. The van der Waals surface area contributed by atoms with Gasteiger partial charge in [-0.2, -0.15) is 0 Å². The maximum atomic E-state index is 13.1. The normalized spacial score (nSPS) is 11.6. The van der Waals surface area contributed by atoms with E-state index in [-0.39, 0.29) is 16.8 Å². The Bertz CT molecular complexity index is 2530. The topological polar surface area (TPSA) is 120 Å². The standard InChI is InChI=1S/3C30H47O2P.Co/c3*1-3-5-7-9-11-13-15-17-27-19-23-29(24-20-27)33(31,32)30-25-21-28(22-26-30)18-16-14-12-10-8-6-4-2;/h3*19-26H,3-18H2,1-2H3,(H,31,32);/q;;;+3/p-3. The largest absolute Gasteiger partial charge is 3.00 e. The van der Waals surface area contributed by atoms with Crippen molar-refractivity contribution >= 4 is 53.9 Å². The minimum Gasteiger partial charge on any atom is -0.793 e. The average Bonchev–Trinajstić information content (AvgIpc) is 0.822. The average molecular weight is 1470 g/mol. The Balaban J connectivity index is 0.000000388. The van der Waals surface area contributed by atoms with Crippen molar-refractivity contribution in [1.82, 2.24) is 0 Å². The van der Waals surface area contributed by atoms with Crippen LogP contribution in [0.3, 0.4) is 0 Å². The van der Waals surface area contributed by atoms with E-state index < -0.39 is 22.1 Å². The second kappa shape index (κ2) is 56.7. The van der Waals surface area contributed by atoms with E-state index in [0.717, 1.165) is 38.5 Å². The molecular formula is C90H138CoO6P3. The number of hydrogen-bond donors (Lipinski definition) is 0. The molecule has 0 unspecified atom stereocenters. The summed E-state index contributed by atoms with van der Waals surface area (Å²) < 4.78 is 39.2. The van der Waals surface area contributed by atoms with E-state index in [1.54, 1.807) is 72.8 Å². The van der Waals surface area contributed by atoms with Gasteiger partial charge in [0.2, 0.25) is 0 Å². The van der Waals surface area contributed by atoms with Crippen LogP contribution in [0.5, 0.6) is 0 Å². The van der Waals surface area contributed by atoms with E-state index >= 15 is 0 Å². The monoisotopic (exact) mass is 1470 g/mol. The third-order valence-electron chi connectivity index (χ3n) is 20.1. The van der Waals surface area contributed by atoms with Gasteiger partial charge in [0.25, 0.3) is 0 Å². The molecule has 0 saturated carbocycles. The van der Waals surface area contributed by atoms with Crippen LogP contribution >= 0.6 is 22.1 Å². The van der Waals surface area contributed by atoms with Crippen molar-refractivity contribution in [3.63, 3.8) is 0 Å². The summed E-state index contributed by atoms with van der Waals surface area (Å²) in [5.74, 6) is 0. The predicted molar refractivity (Wildman–Crippen MR) is 429 cm³/mol. The SMILES string of the molecule is CCCCCCCCCc1ccc(P(=O)([O-])c2ccc(CCCCCCCCC)cc2)cc1.CCCCCCCCCc1ccc(P(=O)([O-])c2ccc(CCCCCCCCC)cc2)cc1.CCCCCCCCCc1ccc(P(=O)([O-])c2ccc(CCCCCCCCC)cc2)cc1.[Co+3]. The smallest absolute Gasteiger partial charge is 0.793 e. The van der Waals surface area contributed by atoms with Gasteiger partial charge in [-0.3, -0.25) is 0 Å². The number of aryl methyl sites for hydroxylation is 6. The van der Waals surface area contributed by atoms with Crippen LogP contribution < -0.4 is 46.5 Å². The van der Waals surface area contributed by atoms with Gasteiger partial charge >= 0.3 is 16.8 Å². The van der Waals surface area contributed by atoms with Gasteiger partial charge in [0.15, 0.2) is 0 Å². The minimum atomic E-state index is -3.78. The summed E-state index contributed by atoms with van der Waals surface area (Å²) in [5, 5.41) is 2.53. The van der Waals surface area contributed by atoms with Crippen molar-refractivity contribution < 1.29 is 45.2 Å². The molecule has 6 rings (SSSR count). The van der Waals surface area contributed by atoms with Crippen LogP contribution in [0.2, 0.25) is 0 Å². The quantitative estimate of drug-likeness (QED) is 0.0277. The maximum Gasteiger partial charge on any atom is 3.00 e. The predicted octanol–water partition coefficient (Wildman–Crippen LogP) is 23.6. The fourth-order valence-corrected chi connectivity index (χ4v) is 17.5. The molecule has 0 atom stereocenters. The first kappa shape index (κ1) is 90.6. The van der Waals surface area contributed by atoms with Gasteiger partial charge in [0, 0.05) is 31.8 Å². The molecule has 0 fully saturated rings. The number of hydrogen-bond acceptors (Lipinski definition) is 6. The zero-order valence-corrected chi connectivity index (χ0v) is 67.6. The number of rotatable bonds is 54. The van der Waals surface area contributed by atoms with E-state index in [4.69, 9.17) is 0 Å². The van der Waals surface area contributed by atoms with Crippen molar-refractivity contribution in [2.75, 3.05) is 0 Å². The third-order valence-corrected chi connectivity index (χ3v) is 25.9. The summed E-state index contributed by atoms with van der Waals surface area (Å²) in [6.45, 7) is 13.5.